The number of nitrogens with two attached hydrogens (primary N) is 1. The van der Waals surface area contributed by atoms with E-state index >= 15 is 0 Å². The molecule has 0 bridgehead atoms. The van der Waals surface area contributed by atoms with Gasteiger partial charge in [0, 0.05) is 11.8 Å². The Morgan fingerprint density at radius 1 is 1.14 bits per heavy atom. The van der Waals surface area contributed by atoms with E-state index < -0.39 is 11.5 Å². The van der Waals surface area contributed by atoms with Gasteiger partial charge in [-0.15, -0.1) is 4.91 Å². The molecule has 0 aliphatic heterocycles. The number of benzene rings is 2. The fourth-order valence-corrected chi connectivity index (χ4v) is 1.80. The van der Waals surface area contributed by atoms with E-state index in [4.69, 9.17) is 10.8 Å². The van der Waals surface area contributed by atoms with Gasteiger partial charge in [0.05, 0.1) is 5.56 Å². The lowest BCUT2D eigenvalue weighted by Crippen LogP contribution is -2.01. The molecule has 0 amide bonds. The number of hydrogen-bond donors (Lipinski definition) is 3. The first-order chi connectivity index (χ1) is 10.0. The molecule has 4 N–H and O–H groups in total. The van der Waals surface area contributed by atoms with Crippen molar-refractivity contribution >= 4 is 23.2 Å². The zero-order chi connectivity index (χ0) is 15.4. The van der Waals surface area contributed by atoms with Crippen LogP contribution in [0.3, 0.4) is 0 Å². The van der Waals surface area contributed by atoms with Crippen LogP contribution in [0, 0.1) is 4.91 Å². The largest absolute Gasteiger partial charge is 0.508 e. The average Bonchev–Trinajstić information content (AvgIpc) is 2.45. The standard InChI is InChI=1S/C15H12N2O4/c16-12-7-10(17-21)8-14(20)15(12)13(19)6-3-9-1-4-11(18)5-2-9/h1-8,18,20H,16H2/b6-3+. The van der Waals surface area contributed by atoms with Crippen molar-refractivity contribution in [3.8, 4) is 11.5 Å². The molecule has 0 unspecified atom stereocenters. The molecule has 0 atom stereocenters. The second-order valence-corrected chi connectivity index (χ2v) is 4.31. The van der Waals surface area contributed by atoms with E-state index in [9.17, 15) is 14.8 Å². The Balaban J connectivity index is 2.28. The van der Waals surface area contributed by atoms with Crippen LogP contribution in [0.5, 0.6) is 11.5 Å². The number of ketones is 1. The number of nitrogens with zero attached hydrogens (tertiary/aromatic N) is 1. The fraction of sp³-hybridized carbons (Fsp3) is 0. The Hall–Kier alpha value is -3.15. The first-order valence-electron chi connectivity index (χ1n) is 5.98. The summed E-state index contributed by atoms with van der Waals surface area (Å²) in [5, 5.41) is 21.6. The summed E-state index contributed by atoms with van der Waals surface area (Å²) < 4.78 is 0. The number of phenolic OH excluding ortho intramolecular Hbond substituents is 2. The molecule has 0 saturated carbocycles. The molecule has 0 spiro atoms. The predicted molar refractivity (Wildman–Crippen MR) is 79.4 cm³/mol. The molecule has 6 heteroatoms. The fourth-order valence-electron chi connectivity index (χ4n) is 1.80. The molecular weight excluding hydrogens is 272 g/mol. The number of carbonyl (C=O) groups is 1. The first-order valence-corrected chi connectivity index (χ1v) is 5.98. The van der Waals surface area contributed by atoms with E-state index in [0.29, 0.717) is 5.56 Å². The lowest BCUT2D eigenvalue weighted by atomic mass is 10.0. The van der Waals surface area contributed by atoms with Gasteiger partial charge in [-0.05, 0) is 35.0 Å². The summed E-state index contributed by atoms with van der Waals surface area (Å²) in [6, 6.07) is 8.52. The second-order valence-electron chi connectivity index (χ2n) is 4.31. The molecule has 2 aromatic carbocycles. The summed E-state index contributed by atoms with van der Waals surface area (Å²) in [6.45, 7) is 0. The molecule has 0 aliphatic rings. The molecule has 106 valence electrons. The van der Waals surface area contributed by atoms with Crippen molar-refractivity contribution in [1.82, 2.24) is 0 Å². The van der Waals surface area contributed by atoms with Crippen molar-refractivity contribution in [2.75, 3.05) is 5.73 Å². The number of anilines is 1. The van der Waals surface area contributed by atoms with Gasteiger partial charge in [0.15, 0.2) is 5.78 Å². The minimum Gasteiger partial charge on any atom is -0.508 e. The zero-order valence-electron chi connectivity index (χ0n) is 10.9. The normalized spacial score (nSPS) is 10.7. The maximum Gasteiger partial charge on any atom is 0.191 e. The highest BCUT2D eigenvalue weighted by Gasteiger charge is 2.14. The van der Waals surface area contributed by atoms with Crippen molar-refractivity contribution in [3.63, 3.8) is 0 Å². The third kappa shape index (κ3) is 3.24. The maximum absolute atomic E-state index is 12.0. The van der Waals surface area contributed by atoms with Crippen molar-refractivity contribution in [2.24, 2.45) is 5.18 Å². The lowest BCUT2D eigenvalue weighted by Gasteiger charge is -2.05. The number of phenols is 2. The minimum absolute atomic E-state index is 0.0232. The van der Waals surface area contributed by atoms with Crippen LogP contribution in [0.4, 0.5) is 11.4 Å². The van der Waals surface area contributed by atoms with Gasteiger partial charge in [-0.3, -0.25) is 4.79 Å². The molecule has 2 aromatic rings. The number of aromatic hydroxyl groups is 2. The Kier molecular flexibility index (Phi) is 3.99. The zero-order valence-corrected chi connectivity index (χ0v) is 10.9. The molecule has 0 heterocycles. The van der Waals surface area contributed by atoms with Crippen LogP contribution in [-0.4, -0.2) is 16.0 Å². The third-order valence-corrected chi connectivity index (χ3v) is 2.80. The summed E-state index contributed by atoms with van der Waals surface area (Å²) in [5.41, 5.74) is 6.18. The number of allylic oxidation sites excluding steroid dienone is 1. The smallest absolute Gasteiger partial charge is 0.191 e. The maximum atomic E-state index is 12.0. The van der Waals surface area contributed by atoms with E-state index in [2.05, 4.69) is 5.18 Å². The molecule has 0 aliphatic carbocycles. The van der Waals surface area contributed by atoms with E-state index in [-0.39, 0.29) is 22.7 Å². The molecule has 2 rings (SSSR count). The molecule has 0 radical (unpaired) electrons. The molecule has 21 heavy (non-hydrogen) atoms. The summed E-state index contributed by atoms with van der Waals surface area (Å²) in [6.07, 6.45) is 2.76. The van der Waals surface area contributed by atoms with Gasteiger partial charge in [0.25, 0.3) is 0 Å². The Bertz CT molecular complexity index is 698. The summed E-state index contributed by atoms with van der Waals surface area (Å²) in [4.78, 5) is 22.4. The number of nitroso groups, excluding NO2 is 1. The highest BCUT2D eigenvalue weighted by Crippen LogP contribution is 2.30. The van der Waals surface area contributed by atoms with Crippen LogP contribution in [0.15, 0.2) is 47.7 Å². The number of nitrogen functional groups attached to an aromatic ring is 1. The number of carbonyl (C=O) groups excluding carboxylic acids is 1. The van der Waals surface area contributed by atoms with Crippen LogP contribution in [0.1, 0.15) is 15.9 Å². The monoisotopic (exact) mass is 284 g/mol. The average molecular weight is 284 g/mol. The molecule has 6 nitrogen and oxygen atoms in total. The molecule has 0 saturated heterocycles. The Morgan fingerprint density at radius 3 is 2.38 bits per heavy atom. The SMILES string of the molecule is Nc1cc(N=O)cc(O)c1C(=O)/C=C/c1ccc(O)cc1. The van der Waals surface area contributed by atoms with Crippen molar-refractivity contribution in [3.05, 3.63) is 58.5 Å². The summed E-state index contributed by atoms with van der Waals surface area (Å²) in [7, 11) is 0. The van der Waals surface area contributed by atoms with E-state index in [1.807, 2.05) is 0 Å². The van der Waals surface area contributed by atoms with Gasteiger partial charge in [0.2, 0.25) is 0 Å². The Labute approximate surface area is 120 Å². The highest BCUT2D eigenvalue weighted by molar-refractivity contribution is 6.12. The summed E-state index contributed by atoms with van der Waals surface area (Å²) >= 11 is 0. The van der Waals surface area contributed by atoms with E-state index in [1.54, 1.807) is 12.1 Å². The quantitative estimate of drug-likeness (QED) is 0.346. The topological polar surface area (TPSA) is 113 Å². The van der Waals surface area contributed by atoms with Gasteiger partial charge in [-0.25, -0.2) is 0 Å². The predicted octanol–water partition coefficient (Wildman–Crippen LogP) is 2.97. The first kappa shape index (κ1) is 14.3. The van der Waals surface area contributed by atoms with Crippen LogP contribution in [-0.2, 0) is 0 Å². The third-order valence-electron chi connectivity index (χ3n) is 2.80. The lowest BCUT2D eigenvalue weighted by molar-refractivity contribution is 0.104. The van der Waals surface area contributed by atoms with Crippen LogP contribution in [0.2, 0.25) is 0 Å². The molecular formula is C15H12N2O4. The van der Waals surface area contributed by atoms with Crippen LogP contribution in [0.25, 0.3) is 6.08 Å². The van der Waals surface area contributed by atoms with Crippen molar-refractivity contribution in [2.45, 2.75) is 0 Å². The second kappa shape index (κ2) is 5.87. The minimum atomic E-state index is -0.504. The Morgan fingerprint density at radius 2 is 1.81 bits per heavy atom. The number of rotatable bonds is 4. The van der Waals surface area contributed by atoms with Gasteiger partial charge < -0.3 is 15.9 Å². The van der Waals surface area contributed by atoms with Crippen LogP contribution >= 0.6 is 0 Å². The van der Waals surface area contributed by atoms with Gasteiger partial charge >= 0.3 is 0 Å². The molecule has 0 fully saturated rings. The van der Waals surface area contributed by atoms with Gasteiger partial charge in [0.1, 0.15) is 17.2 Å². The summed E-state index contributed by atoms with van der Waals surface area (Å²) in [5.74, 6) is -0.780. The van der Waals surface area contributed by atoms with Gasteiger partial charge in [-0.1, -0.05) is 18.2 Å². The molecule has 0 aromatic heterocycles. The number of hydrogen-bond acceptors (Lipinski definition) is 6. The van der Waals surface area contributed by atoms with Gasteiger partial charge in [-0.2, -0.15) is 0 Å². The van der Waals surface area contributed by atoms with Crippen molar-refractivity contribution in [1.29, 1.82) is 0 Å². The van der Waals surface area contributed by atoms with E-state index in [0.717, 1.165) is 6.07 Å². The highest BCUT2D eigenvalue weighted by atomic mass is 16.3. The van der Waals surface area contributed by atoms with E-state index in [1.165, 1.54) is 30.4 Å². The van der Waals surface area contributed by atoms with Crippen molar-refractivity contribution < 1.29 is 15.0 Å². The van der Waals surface area contributed by atoms with Crippen LogP contribution < -0.4 is 5.73 Å².